The molecule has 2 unspecified atom stereocenters. The van der Waals surface area contributed by atoms with Crippen LogP contribution in [-0.2, 0) is 11.3 Å². The number of ether oxygens (including phenoxy) is 1. The van der Waals surface area contributed by atoms with Crippen molar-refractivity contribution in [3.05, 3.63) is 36.0 Å². The Morgan fingerprint density at radius 3 is 2.70 bits per heavy atom. The number of rotatable bonds is 2. The maximum atomic E-state index is 9.43. The molecule has 0 amide bonds. The number of anilines is 1. The van der Waals surface area contributed by atoms with E-state index in [0.717, 1.165) is 42.5 Å². The fraction of sp³-hybridized carbons (Fsp3) is 0.438. The Morgan fingerprint density at radius 2 is 1.95 bits per heavy atom. The molecule has 1 aromatic carbocycles. The molecule has 0 radical (unpaired) electrons. The number of benzene rings is 1. The van der Waals surface area contributed by atoms with Gasteiger partial charge < -0.3 is 14.7 Å². The Labute approximate surface area is 118 Å². The first-order valence-corrected chi connectivity index (χ1v) is 7.23. The van der Waals surface area contributed by atoms with E-state index in [4.69, 9.17) is 4.74 Å². The zero-order valence-corrected chi connectivity index (χ0v) is 11.3. The number of nitrogens with zero attached hydrogens (tertiary/aromatic N) is 2. The molecule has 3 heterocycles. The third-order valence-corrected chi connectivity index (χ3v) is 4.29. The molecule has 4 nitrogen and oxygen atoms in total. The number of aliphatic hydroxyl groups is 1. The Balaban J connectivity index is 1.81. The summed E-state index contributed by atoms with van der Waals surface area (Å²) in [5, 5.41) is 10.6. The number of aromatic nitrogens is 1. The van der Waals surface area contributed by atoms with Gasteiger partial charge >= 0.3 is 0 Å². The summed E-state index contributed by atoms with van der Waals surface area (Å²) in [7, 11) is 0. The Kier molecular flexibility index (Phi) is 2.86. The molecular weight excluding hydrogens is 252 g/mol. The van der Waals surface area contributed by atoms with Gasteiger partial charge in [-0.3, -0.25) is 4.98 Å². The van der Waals surface area contributed by atoms with Crippen molar-refractivity contribution in [2.24, 2.45) is 0 Å². The third-order valence-electron chi connectivity index (χ3n) is 4.29. The number of aliphatic hydroxyl groups excluding tert-OH is 1. The number of hydrogen-bond acceptors (Lipinski definition) is 4. The number of para-hydroxylation sites is 1. The van der Waals surface area contributed by atoms with Crippen LogP contribution in [0.5, 0.6) is 0 Å². The minimum atomic E-state index is -0.0188. The summed E-state index contributed by atoms with van der Waals surface area (Å²) in [6, 6.07) is 10.2. The van der Waals surface area contributed by atoms with Gasteiger partial charge in [0.05, 0.1) is 30.0 Å². The summed E-state index contributed by atoms with van der Waals surface area (Å²) in [4.78, 5) is 6.89. The zero-order valence-electron chi connectivity index (χ0n) is 11.3. The molecule has 2 aromatic rings. The zero-order chi connectivity index (χ0) is 13.5. The average Bonchev–Trinajstić information content (AvgIpc) is 2.84. The molecule has 104 valence electrons. The predicted octanol–water partition coefficient (Wildman–Crippen LogP) is 2.09. The van der Waals surface area contributed by atoms with Gasteiger partial charge in [-0.25, -0.2) is 0 Å². The third kappa shape index (κ3) is 1.96. The highest BCUT2D eigenvalue weighted by Crippen LogP contribution is 2.33. The molecule has 1 aromatic heterocycles. The molecule has 0 aliphatic carbocycles. The van der Waals surface area contributed by atoms with Gasteiger partial charge in [0.2, 0.25) is 0 Å². The van der Waals surface area contributed by atoms with Gasteiger partial charge in [0.15, 0.2) is 0 Å². The van der Waals surface area contributed by atoms with E-state index in [1.165, 1.54) is 5.69 Å². The molecule has 0 saturated carbocycles. The standard InChI is InChI=1S/C16H18N2O2/c19-10-11-7-16(14-3-1-2-4-15(14)17-11)18-8-12-5-6-13(9-18)20-12/h1-4,7,12-13,19H,5-6,8-10H2. The van der Waals surface area contributed by atoms with E-state index in [-0.39, 0.29) is 6.61 Å². The first-order chi connectivity index (χ1) is 9.83. The van der Waals surface area contributed by atoms with Crippen LogP contribution in [0, 0.1) is 0 Å². The fourth-order valence-corrected chi connectivity index (χ4v) is 3.36. The van der Waals surface area contributed by atoms with E-state index < -0.39 is 0 Å². The van der Waals surface area contributed by atoms with Crippen molar-refractivity contribution >= 4 is 16.6 Å². The highest BCUT2D eigenvalue weighted by molar-refractivity contribution is 5.92. The van der Waals surface area contributed by atoms with E-state index in [0.29, 0.717) is 12.2 Å². The van der Waals surface area contributed by atoms with Crippen molar-refractivity contribution in [3.63, 3.8) is 0 Å². The van der Waals surface area contributed by atoms with Crippen LogP contribution in [-0.4, -0.2) is 35.4 Å². The maximum Gasteiger partial charge on any atom is 0.0854 e. The molecule has 2 fully saturated rings. The molecule has 0 spiro atoms. The Bertz CT molecular complexity index is 631. The van der Waals surface area contributed by atoms with Gasteiger partial charge in [0.1, 0.15) is 0 Å². The maximum absolute atomic E-state index is 9.43. The van der Waals surface area contributed by atoms with Crippen LogP contribution in [0.4, 0.5) is 5.69 Å². The summed E-state index contributed by atoms with van der Waals surface area (Å²) in [5.74, 6) is 0. The van der Waals surface area contributed by atoms with E-state index in [1.54, 1.807) is 0 Å². The number of morpholine rings is 1. The highest BCUT2D eigenvalue weighted by atomic mass is 16.5. The number of hydrogen-bond donors (Lipinski definition) is 1. The monoisotopic (exact) mass is 270 g/mol. The SMILES string of the molecule is OCc1cc(N2CC3CCC(C2)O3)c2ccccc2n1. The van der Waals surface area contributed by atoms with Gasteiger partial charge in [-0.2, -0.15) is 0 Å². The summed E-state index contributed by atoms with van der Waals surface area (Å²) in [6.45, 7) is 1.86. The largest absolute Gasteiger partial charge is 0.390 e. The van der Waals surface area contributed by atoms with Gasteiger partial charge in [0.25, 0.3) is 0 Å². The fourth-order valence-electron chi connectivity index (χ4n) is 3.36. The summed E-state index contributed by atoms with van der Waals surface area (Å²) >= 11 is 0. The van der Waals surface area contributed by atoms with Crippen molar-refractivity contribution in [1.29, 1.82) is 0 Å². The highest BCUT2D eigenvalue weighted by Gasteiger charge is 2.34. The molecule has 2 atom stereocenters. The molecule has 2 aliphatic rings. The topological polar surface area (TPSA) is 45.6 Å². The predicted molar refractivity (Wildman–Crippen MR) is 77.8 cm³/mol. The van der Waals surface area contributed by atoms with E-state index in [9.17, 15) is 5.11 Å². The smallest absolute Gasteiger partial charge is 0.0854 e. The van der Waals surface area contributed by atoms with Gasteiger partial charge in [-0.05, 0) is 25.0 Å². The lowest BCUT2D eigenvalue weighted by molar-refractivity contribution is 0.0306. The number of fused-ring (bicyclic) bond motifs is 3. The molecule has 2 aliphatic heterocycles. The average molecular weight is 270 g/mol. The first kappa shape index (κ1) is 12.1. The quantitative estimate of drug-likeness (QED) is 0.907. The summed E-state index contributed by atoms with van der Waals surface area (Å²) < 4.78 is 5.91. The van der Waals surface area contributed by atoms with Crippen molar-refractivity contribution in [2.45, 2.75) is 31.7 Å². The van der Waals surface area contributed by atoms with Gasteiger partial charge in [0, 0.05) is 24.2 Å². The van der Waals surface area contributed by atoms with Gasteiger partial charge in [-0.1, -0.05) is 18.2 Å². The molecule has 4 heteroatoms. The molecule has 2 bridgehead atoms. The van der Waals surface area contributed by atoms with Crippen LogP contribution < -0.4 is 4.90 Å². The van der Waals surface area contributed by atoms with Crippen LogP contribution in [0.3, 0.4) is 0 Å². The lowest BCUT2D eigenvalue weighted by Crippen LogP contribution is -2.42. The van der Waals surface area contributed by atoms with Crippen LogP contribution in [0.1, 0.15) is 18.5 Å². The number of pyridine rings is 1. The van der Waals surface area contributed by atoms with Crippen molar-refractivity contribution in [3.8, 4) is 0 Å². The molecular formula is C16H18N2O2. The second-order valence-corrected chi connectivity index (χ2v) is 5.67. The van der Waals surface area contributed by atoms with E-state index in [2.05, 4.69) is 16.0 Å². The van der Waals surface area contributed by atoms with Crippen molar-refractivity contribution in [2.75, 3.05) is 18.0 Å². The van der Waals surface area contributed by atoms with Crippen molar-refractivity contribution < 1.29 is 9.84 Å². The summed E-state index contributed by atoms with van der Waals surface area (Å²) in [6.07, 6.45) is 3.05. The van der Waals surface area contributed by atoms with E-state index in [1.807, 2.05) is 24.3 Å². The lowest BCUT2D eigenvalue weighted by Gasteiger charge is -2.34. The lowest BCUT2D eigenvalue weighted by atomic mass is 10.1. The van der Waals surface area contributed by atoms with E-state index >= 15 is 0 Å². The Hall–Kier alpha value is -1.65. The first-order valence-electron chi connectivity index (χ1n) is 7.23. The van der Waals surface area contributed by atoms with Gasteiger partial charge in [-0.15, -0.1) is 0 Å². The molecule has 4 rings (SSSR count). The van der Waals surface area contributed by atoms with Crippen LogP contribution >= 0.6 is 0 Å². The minimum Gasteiger partial charge on any atom is -0.390 e. The second kappa shape index (κ2) is 4.72. The second-order valence-electron chi connectivity index (χ2n) is 5.67. The molecule has 2 saturated heterocycles. The van der Waals surface area contributed by atoms with Crippen LogP contribution in [0.15, 0.2) is 30.3 Å². The molecule has 1 N–H and O–H groups in total. The van der Waals surface area contributed by atoms with Crippen LogP contribution in [0.2, 0.25) is 0 Å². The van der Waals surface area contributed by atoms with Crippen molar-refractivity contribution in [1.82, 2.24) is 4.98 Å². The van der Waals surface area contributed by atoms with Crippen LogP contribution in [0.25, 0.3) is 10.9 Å². The minimum absolute atomic E-state index is 0.0188. The summed E-state index contributed by atoms with van der Waals surface area (Å²) in [5.41, 5.74) is 2.87. The Morgan fingerprint density at radius 1 is 1.20 bits per heavy atom. The normalized spacial score (nSPS) is 25.4. The molecule has 20 heavy (non-hydrogen) atoms.